The van der Waals surface area contributed by atoms with Crippen LogP contribution in [0.2, 0.25) is 5.02 Å². The average molecular weight is 519 g/mol. The molecule has 2 aromatic carbocycles. The summed E-state index contributed by atoms with van der Waals surface area (Å²) in [6, 6.07) is 13.3. The van der Waals surface area contributed by atoms with E-state index in [-0.39, 0.29) is 16.7 Å². The number of anilines is 4. The summed E-state index contributed by atoms with van der Waals surface area (Å²) < 4.78 is 19.9. The molecule has 4 rings (SSSR count). The minimum atomic E-state index is -0.598. The third kappa shape index (κ3) is 5.87. The fraction of sp³-hybridized carbons (Fsp3) is 0.107. The van der Waals surface area contributed by atoms with E-state index >= 15 is 0 Å². The Balaban J connectivity index is 1.59. The Bertz CT molecular complexity index is 1410. The second kappa shape index (κ2) is 11.5. The lowest BCUT2D eigenvalue weighted by atomic mass is 10.1. The molecule has 0 atom stereocenters. The number of hydrogen-bond acceptors (Lipinski definition) is 5. The van der Waals surface area contributed by atoms with Gasteiger partial charge in [0.05, 0.1) is 28.3 Å². The number of benzene rings is 2. The Kier molecular flexibility index (Phi) is 8.00. The molecule has 0 unspecified atom stereocenters. The third-order valence-electron chi connectivity index (χ3n) is 5.76. The molecule has 1 aliphatic rings. The summed E-state index contributed by atoms with van der Waals surface area (Å²) in [5, 5.41) is 2.70. The normalized spacial score (nSPS) is 12.6. The fourth-order valence-corrected chi connectivity index (χ4v) is 4.02. The van der Waals surface area contributed by atoms with Gasteiger partial charge in [-0.15, -0.1) is 0 Å². The highest BCUT2D eigenvalue weighted by atomic mass is 35.5. The van der Waals surface area contributed by atoms with Gasteiger partial charge in [0.25, 0.3) is 0 Å². The van der Waals surface area contributed by atoms with Crippen LogP contribution in [0.25, 0.3) is 0 Å². The molecule has 0 aliphatic heterocycles. The molecule has 9 heteroatoms. The Morgan fingerprint density at radius 3 is 2.70 bits per heavy atom. The van der Waals surface area contributed by atoms with Gasteiger partial charge in [-0.25, -0.2) is 4.39 Å². The Labute approximate surface area is 219 Å². The van der Waals surface area contributed by atoms with E-state index in [0.717, 1.165) is 5.70 Å². The summed E-state index contributed by atoms with van der Waals surface area (Å²) in [6.45, 7) is 3.46. The van der Waals surface area contributed by atoms with Crippen LogP contribution in [-0.2, 0) is 9.59 Å². The van der Waals surface area contributed by atoms with Crippen molar-refractivity contribution in [1.29, 1.82) is 0 Å². The topological polar surface area (TPSA) is 74.8 Å². The number of aromatic nitrogens is 1. The second-order valence-corrected chi connectivity index (χ2v) is 8.49. The van der Waals surface area contributed by atoms with Gasteiger partial charge in [-0.05, 0) is 61.0 Å². The van der Waals surface area contributed by atoms with Crippen LogP contribution in [0.5, 0.6) is 5.75 Å². The fourth-order valence-electron chi connectivity index (χ4n) is 3.85. The highest BCUT2D eigenvalue weighted by Crippen LogP contribution is 2.36. The van der Waals surface area contributed by atoms with Crippen molar-refractivity contribution >= 4 is 46.7 Å². The largest absolute Gasteiger partial charge is 0.459 e. The number of halogens is 2. The van der Waals surface area contributed by atoms with Gasteiger partial charge in [-0.3, -0.25) is 19.5 Å². The molecular weight excluding hydrogens is 495 g/mol. The molecule has 1 aromatic heterocycles. The number of pyridine rings is 1. The van der Waals surface area contributed by atoms with Crippen LogP contribution in [0.15, 0.2) is 97.2 Å². The van der Waals surface area contributed by atoms with E-state index in [0.29, 0.717) is 47.8 Å². The standard InChI is InChI=1S/C28H24ClFN4O3/c1-3-27(36)32-19-6-4-7-21(16-19)34(18-35)24-14-15-31-17-25(24)33(2)20-10-12-22(13-11-20)37-26-9-5-8-23(29)28(26)30/h3-10,12,14-18H,1,11,13H2,2H3,(H,32,36). The van der Waals surface area contributed by atoms with Gasteiger partial charge in [0.2, 0.25) is 12.3 Å². The van der Waals surface area contributed by atoms with E-state index < -0.39 is 5.82 Å². The first-order valence-corrected chi connectivity index (χ1v) is 11.8. The van der Waals surface area contributed by atoms with Crippen LogP contribution in [0.3, 0.4) is 0 Å². The van der Waals surface area contributed by atoms with Crippen LogP contribution in [0, 0.1) is 5.82 Å². The zero-order valence-corrected chi connectivity index (χ0v) is 20.8. The van der Waals surface area contributed by atoms with E-state index in [1.165, 1.54) is 23.1 Å². The first-order chi connectivity index (χ1) is 17.9. The van der Waals surface area contributed by atoms with Crippen molar-refractivity contribution in [3.63, 3.8) is 0 Å². The molecule has 0 fully saturated rings. The maximum Gasteiger partial charge on any atom is 0.247 e. The Morgan fingerprint density at radius 2 is 1.97 bits per heavy atom. The maximum absolute atomic E-state index is 14.2. The van der Waals surface area contributed by atoms with Crippen LogP contribution in [-0.4, -0.2) is 24.3 Å². The van der Waals surface area contributed by atoms with Crippen molar-refractivity contribution in [3.05, 3.63) is 108 Å². The van der Waals surface area contributed by atoms with Gasteiger partial charge in [0.1, 0.15) is 5.76 Å². The molecule has 0 saturated carbocycles. The highest BCUT2D eigenvalue weighted by Gasteiger charge is 2.20. The number of hydrogen-bond donors (Lipinski definition) is 1. The van der Waals surface area contributed by atoms with E-state index in [1.807, 2.05) is 18.0 Å². The smallest absolute Gasteiger partial charge is 0.247 e. The first kappa shape index (κ1) is 25.7. The molecule has 1 N–H and O–H groups in total. The number of rotatable bonds is 9. The number of amides is 2. The van der Waals surface area contributed by atoms with E-state index in [9.17, 15) is 14.0 Å². The van der Waals surface area contributed by atoms with Crippen molar-refractivity contribution < 1.29 is 18.7 Å². The third-order valence-corrected chi connectivity index (χ3v) is 6.05. The summed E-state index contributed by atoms with van der Waals surface area (Å²) in [7, 11) is 1.88. The van der Waals surface area contributed by atoms with Gasteiger partial charge in [0.15, 0.2) is 11.6 Å². The van der Waals surface area contributed by atoms with Crippen LogP contribution >= 0.6 is 11.6 Å². The molecule has 1 aliphatic carbocycles. The van der Waals surface area contributed by atoms with Gasteiger partial charge in [-0.1, -0.05) is 30.3 Å². The minimum absolute atomic E-state index is 0.00216. The molecule has 7 nitrogen and oxygen atoms in total. The summed E-state index contributed by atoms with van der Waals surface area (Å²) in [5.74, 6) is -0.263. The van der Waals surface area contributed by atoms with Gasteiger partial charge >= 0.3 is 0 Å². The van der Waals surface area contributed by atoms with Crippen molar-refractivity contribution in [2.45, 2.75) is 12.8 Å². The number of ether oxygens (including phenoxy) is 1. The quantitative estimate of drug-likeness (QED) is 0.263. The van der Waals surface area contributed by atoms with Gasteiger partial charge in [-0.2, -0.15) is 0 Å². The molecule has 0 radical (unpaired) electrons. The SMILES string of the molecule is C=CC(=O)Nc1cccc(N(C=O)c2ccncc2N(C)C2=CC=C(Oc3cccc(Cl)c3F)CC2)c1. The lowest BCUT2D eigenvalue weighted by Gasteiger charge is -2.29. The minimum Gasteiger partial charge on any atom is -0.459 e. The molecule has 0 saturated heterocycles. The second-order valence-electron chi connectivity index (χ2n) is 8.09. The molecule has 2 amide bonds. The van der Waals surface area contributed by atoms with Gasteiger partial charge < -0.3 is 15.0 Å². The van der Waals surface area contributed by atoms with Crippen molar-refractivity contribution in [1.82, 2.24) is 4.98 Å². The average Bonchev–Trinajstić information content (AvgIpc) is 2.92. The number of carbonyl (C=O) groups is 2. The number of allylic oxidation sites excluding steroid dienone is 4. The molecule has 3 aromatic rings. The van der Waals surface area contributed by atoms with Crippen molar-refractivity contribution in [3.8, 4) is 5.75 Å². The Hall–Kier alpha value is -4.43. The molecule has 0 bridgehead atoms. The summed E-state index contributed by atoms with van der Waals surface area (Å²) in [6.07, 6.45) is 9.99. The zero-order chi connectivity index (χ0) is 26.4. The predicted octanol–water partition coefficient (Wildman–Crippen LogP) is 6.37. The lowest BCUT2D eigenvalue weighted by molar-refractivity contribution is -0.112. The van der Waals surface area contributed by atoms with Crippen molar-refractivity contribution in [2.24, 2.45) is 0 Å². The summed E-state index contributed by atoms with van der Waals surface area (Å²) >= 11 is 5.85. The summed E-state index contributed by atoms with van der Waals surface area (Å²) in [5.41, 5.74) is 3.34. The zero-order valence-electron chi connectivity index (χ0n) is 20.0. The van der Waals surface area contributed by atoms with Crippen LogP contribution in [0.1, 0.15) is 12.8 Å². The number of nitrogens with one attached hydrogen (secondary N) is 1. The molecule has 1 heterocycles. The number of nitrogens with zero attached hydrogens (tertiary/aromatic N) is 3. The van der Waals surface area contributed by atoms with Crippen LogP contribution in [0.4, 0.5) is 27.1 Å². The van der Waals surface area contributed by atoms with E-state index in [1.54, 1.807) is 54.9 Å². The molecule has 188 valence electrons. The molecule has 0 spiro atoms. The maximum atomic E-state index is 14.2. The van der Waals surface area contributed by atoms with E-state index in [4.69, 9.17) is 16.3 Å². The highest BCUT2D eigenvalue weighted by molar-refractivity contribution is 6.30. The number of carbonyl (C=O) groups excluding carboxylic acids is 2. The first-order valence-electron chi connectivity index (χ1n) is 11.4. The van der Waals surface area contributed by atoms with Gasteiger partial charge in [0, 0.05) is 31.0 Å². The summed E-state index contributed by atoms with van der Waals surface area (Å²) in [4.78, 5) is 31.6. The van der Waals surface area contributed by atoms with E-state index in [2.05, 4.69) is 16.9 Å². The molecular formula is C28H24ClFN4O3. The lowest BCUT2D eigenvalue weighted by Crippen LogP contribution is -2.23. The predicted molar refractivity (Wildman–Crippen MR) is 144 cm³/mol. The monoisotopic (exact) mass is 518 g/mol. The van der Waals surface area contributed by atoms with Crippen molar-refractivity contribution in [2.75, 3.05) is 22.2 Å². The van der Waals surface area contributed by atoms with Crippen LogP contribution < -0.4 is 19.9 Å². The molecule has 37 heavy (non-hydrogen) atoms. The Morgan fingerprint density at radius 1 is 1.16 bits per heavy atom.